The lowest BCUT2D eigenvalue weighted by Gasteiger charge is -2.18. The van der Waals surface area contributed by atoms with Gasteiger partial charge in [0.1, 0.15) is 5.82 Å². The molecule has 5 rings (SSSR count). The van der Waals surface area contributed by atoms with Crippen LogP contribution in [0.15, 0.2) is 36.5 Å². The molecular formula is C22H22N6O. The number of nitrogens with one attached hydrogen (secondary N) is 2. The maximum absolute atomic E-state index is 12.7. The summed E-state index contributed by atoms with van der Waals surface area (Å²) in [5, 5.41) is 12.3. The molecule has 2 aromatic heterocycles. The molecule has 1 amide bonds. The second kappa shape index (κ2) is 6.89. The summed E-state index contributed by atoms with van der Waals surface area (Å²) in [6, 6.07) is 11.8. The van der Waals surface area contributed by atoms with Gasteiger partial charge in [0.25, 0.3) is 0 Å². The van der Waals surface area contributed by atoms with Crippen molar-refractivity contribution in [1.82, 2.24) is 20.3 Å². The second-order valence-electron chi connectivity index (χ2n) is 8.01. The van der Waals surface area contributed by atoms with Gasteiger partial charge < -0.3 is 15.2 Å². The molecule has 2 fully saturated rings. The lowest BCUT2D eigenvalue weighted by Crippen LogP contribution is -2.38. The van der Waals surface area contributed by atoms with Crippen LogP contribution in [0.2, 0.25) is 0 Å². The molecule has 1 aromatic carbocycles. The number of anilines is 1. The van der Waals surface area contributed by atoms with Crippen LogP contribution in [0.1, 0.15) is 35.8 Å². The fourth-order valence-electron chi connectivity index (χ4n) is 4.13. The molecule has 1 aliphatic carbocycles. The Bertz CT molecular complexity index is 1110. The van der Waals surface area contributed by atoms with Gasteiger partial charge in [0.05, 0.1) is 34.6 Å². The van der Waals surface area contributed by atoms with Crippen LogP contribution in [0.5, 0.6) is 0 Å². The molecule has 1 saturated carbocycles. The molecule has 2 aliphatic rings. The zero-order chi connectivity index (χ0) is 20.0. The lowest BCUT2D eigenvalue weighted by atomic mass is 10.2. The van der Waals surface area contributed by atoms with Crippen LogP contribution in [0.3, 0.4) is 0 Å². The van der Waals surface area contributed by atoms with Gasteiger partial charge in [0.15, 0.2) is 0 Å². The van der Waals surface area contributed by atoms with Crippen molar-refractivity contribution < 1.29 is 4.79 Å². The van der Waals surface area contributed by atoms with Gasteiger partial charge in [-0.15, -0.1) is 0 Å². The van der Waals surface area contributed by atoms with Gasteiger partial charge in [-0.2, -0.15) is 5.26 Å². The summed E-state index contributed by atoms with van der Waals surface area (Å²) in [5.41, 5.74) is 4.40. The minimum absolute atomic E-state index is 0.0268. The molecule has 1 aliphatic heterocycles. The molecule has 2 unspecified atom stereocenters. The number of aromatic nitrogens is 3. The topological polar surface area (TPSA) is 97.7 Å². The number of nitriles is 1. The van der Waals surface area contributed by atoms with E-state index in [1.807, 2.05) is 25.3 Å². The summed E-state index contributed by atoms with van der Waals surface area (Å²) in [7, 11) is 0. The third-order valence-corrected chi connectivity index (χ3v) is 5.90. The number of hydrogen-bond acceptors (Lipinski definition) is 5. The van der Waals surface area contributed by atoms with Crippen molar-refractivity contribution in [3.05, 3.63) is 53.6 Å². The number of rotatable bonds is 4. The Hall–Kier alpha value is -3.40. The Balaban J connectivity index is 1.20. The Kier molecular flexibility index (Phi) is 4.20. The highest BCUT2D eigenvalue weighted by Gasteiger charge is 2.46. The number of amides is 1. The zero-order valence-electron chi connectivity index (χ0n) is 16.2. The average molecular weight is 386 g/mol. The van der Waals surface area contributed by atoms with Crippen molar-refractivity contribution in [2.24, 2.45) is 5.92 Å². The third kappa shape index (κ3) is 3.42. The highest BCUT2D eigenvalue weighted by molar-refractivity contribution is 5.84. The van der Waals surface area contributed by atoms with E-state index < -0.39 is 0 Å². The maximum atomic E-state index is 12.7. The largest absolute Gasteiger partial charge is 0.368 e. The predicted molar refractivity (Wildman–Crippen MR) is 109 cm³/mol. The summed E-state index contributed by atoms with van der Waals surface area (Å²) < 4.78 is 0. The van der Waals surface area contributed by atoms with Gasteiger partial charge in [-0.25, -0.2) is 4.98 Å². The van der Waals surface area contributed by atoms with Crippen LogP contribution in [-0.4, -0.2) is 40.0 Å². The molecule has 3 atom stereocenters. The number of hydrogen-bond donors (Lipinski definition) is 2. The first-order valence-electron chi connectivity index (χ1n) is 9.98. The Labute approximate surface area is 168 Å². The van der Waals surface area contributed by atoms with Gasteiger partial charge in [-0.1, -0.05) is 0 Å². The van der Waals surface area contributed by atoms with Crippen molar-refractivity contribution in [1.29, 1.82) is 5.26 Å². The zero-order valence-corrected chi connectivity index (χ0v) is 16.2. The Morgan fingerprint density at radius 2 is 2.24 bits per heavy atom. The van der Waals surface area contributed by atoms with Crippen LogP contribution in [0, 0.1) is 24.2 Å². The molecule has 29 heavy (non-hydrogen) atoms. The molecule has 3 heterocycles. The number of benzene rings is 1. The molecule has 2 N–H and O–H groups in total. The molecular weight excluding hydrogens is 364 g/mol. The fourth-order valence-corrected chi connectivity index (χ4v) is 4.13. The van der Waals surface area contributed by atoms with Crippen LogP contribution in [0.4, 0.5) is 5.69 Å². The van der Waals surface area contributed by atoms with E-state index in [0.717, 1.165) is 54.2 Å². The van der Waals surface area contributed by atoms with Crippen molar-refractivity contribution in [3.63, 3.8) is 0 Å². The van der Waals surface area contributed by atoms with Crippen LogP contribution < -0.4 is 10.2 Å². The number of carbonyl (C=O) groups is 1. The number of pyridine rings is 1. The van der Waals surface area contributed by atoms with E-state index in [2.05, 4.69) is 37.3 Å². The standard InChI is InChI=1S/C22H22N6O/c1-13-2-4-16(11-24-13)28-7-6-15(12-28)25-22(29)18-9-17(18)21-26-19-5-3-14(10-23)8-20(19)27-21/h2-5,8,11,15,17-18H,6-7,9,12H2,1H3,(H,25,29)(H,26,27)/t15-,17?,18?/m1/s1. The summed E-state index contributed by atoms with van der Waals surface area (Å²) in [6.45, 7) is 3.72. The predicted octanol–water partition coefficient (Wildman–Crippen LogP) is 2.64. The molecule has 3 aromatic rings. The van der Waals surface area contributed by atoms with Crippen LogP contribution in [-0.2, 0) is 4.79 Å². The molecule has 0 bridgehead atoms. The van der Waals surface area contributed by atoms with Gasteiger partial charge >= 0.3 is 0 Å². The van der Waals surface area contributed by atoms with E-state index in [1.54, 1.807) is 12.1 Å². The van der Waals surface area contributed by atoms with Crippen molar-refractivity contribution in [2.75, 3.05) is 18.0 Å². The summed E-state index contributed by atoms with van der Waals surface area (Å²) in [5.74, 6) is 1.06. The molecule has 1 saturated heterocycles. The van der Waals surface area contributed by atoms with E-state index in [4.69, 9.17) is 5.26 Å². The number of aromatic amines is 1. The number of aryl methyl sites for hydroxylation is 1. The number of carbonyl (C=O) groups excluding carboxylic acids is 1. The molecule has 146 valence electrons. The van der Waals surface area contributed by atoms with Crippen LogP contribution >= 0.6 is 0 Å². The minimum Gasteiger partial charge on any atom is -0.368 e. The highest BCUT2D eigenvalue weighted by atomic mass is 16.2. The number of H-pyrrole nitrogens is 1. The quantitative estimate of drug-likeness (QED) is 0.718. The fraction of sp³-hybridized carbons (Fsp3) is 0.364. The van der Waals surface area contributed by atoms with E-state index in [1.165, 1.54) is 0 Å². The SMILES string of the molecule is Cc1ccc(N2CC[C@@H](NC(=O)C3CC3c3nc4ccc(C#N)cc4[nH]3)C2)cn1. The smallest absolute Gasteiger partial charge is 0.224 e. The summed E-state index contributed by atoms with van der Waals surface area (Å²) >= 11 is 0. The van der Waals surface area contributed by atoms with E-state index in [-0.39, 0.29) is 23.8 Å². The number of imidazole rings is 1. The normalized spacial score (nSPS) is 23.2. The molecule has 0 radical (unpaired) electrons. The van der Waals surface area contributed by atoms with Gasteiger partial charge in [0.2, 0.25) is 5.91 Å². The maximum Gasteiger partial charge on any atom is 0.224 e. The second-order valence-corrected chi connectivity index (χ2v) is 8.01. The first kappa shape index (κ1) is 17.7. The van der Waals surface area contributed by atoms with E-state index in [9.17, 15) is 4.79 Å². The highest BCUT2D eigenvalue weighted by Crippen LogP contribution is 2.47. The molecule has 7 nitrogen and oxygen atoms in total. The first-order valence-corrected chi connectivity index (χ1v) is 9.98. The monoisotopic (exact) mass is 386 g/mol. The van der Waals surface area contributed by atoms with E-state index in [0.29, 0.717) is 5.56 Å². The van der Waals surface area contributed by atoms with Crippen LogP contribution in [0.25, 0.3) is 11.0 Å². The van der Waals surface area contributed by atoms with Crippen molar-refractivity contribution >= 4 is 22.6 Å². The lowest BCUT2D eigenvalue weighted by molar-refractivity contribution is -0.123. The first-order chi connectivity index (χ1) is 14.1. The van der Waals surface area contributed by atoms with Crippen molar-refractivity contribution in [3.8, 4) is 6.07 Å². The molecule has 7 heteroatoms. The van der Waals surface area contributed by atoms with Gasteiger partial charge in [0, 0.05) is 36.7 Å². The number of nitrogens with zero attached hydrogens (tertiary/aromatic N) is 4. The summed E-state index contributed by atoms with van der Waals surface area (Å²) in [4.78, 5) is 27.3. The van der Waals surface area contributed by atoms with Gasteiger partial charge in [-0.3, -0.25) is 9.78 Å². The molecule has 0 spiro atoms. The van der Waals surface area contributed by atoms with Crippen molar-refractivity contribution in [2.45, 2.75) is 31.7 Å². The van der Waals surface area contributed by atoms with Gasteiger partial charge in [-0.05, 0) is 50.1 Å². The van der Waals surface area contributed by atoms with E-state index >= 15 is 0 Å². The third-order valence-electron chi connectivity index (χ3n) is 5.90. The number of fused-ring (bicyclic) bond motifs is 1. The summed E-state index contributed by atoms with van der Waals surface area (Å²) in [6.07, 6.45) is 3.66. The Morgan fingerprint density at radius 1 is 1.34 bits per heavy atom. The average Bonchev–Trinajstić information content (AvgIpc) is 3.21. The minimum atomic E-state index is -0.0268. The Morgan fingerprint density at radius 3 is 3.03 bits per heavy atom.